The third kappa shape index (κ3) is 2.83. The van der Waals surface area contributed by atoms with Crippen LogP contribution in [0.1, 0.15) is 15.9 Å². The van der Waals surface area contributed by atoms with Gasteiger partial charge in [-0.2, -0.15) is 0 Å². The Morgan fingerprint density at radius 2 is 1.96 bits per heavy atom. The molecule has 0 fully saturated rings. The topological polar surface area (TPSA) is 88.1 Å². The van der Waals surface area contributed by atoms with Crippen LogP contribution in [0, 0.1) is 0 Å². The van der Waals surface area contributed by atoms with E-state index < -0.39 is 11.2 Å². The molecule has 0 aliphatic heterocycles. The Labute approximate surface area is 137 Å². The molecular weight excluding hydrogens is 308 g/mol. The lowest BCUT2D eigenvalue weighted by molar-refractivity contribution is 0.0785. The fraction of sp³-hybridized carbons (Fsp3) is 0.176. The van der Waals surface area contributed by atoms with Crippen molar-refractivity contribution in [3.63, 3.8) is 0 Å². The first-order valence-electron chi connectivity index (χ1n) is 7.36. The third-order valence-electron chi connectivity index (χ3n) is 3.81. The van der Waals surface area contributed by atoms with Crippen LogP contribution in [0.5, 0.6) is 0 Å². The molecule has 3 aromatic rings. The molecule has 0 aliphatic rings. The second-order valence-electron chi connectivity index (χ2n) is 5.56. The smallest absolute Gasteiger partial charge is 0.329 e. The molecule has 3 rings (SSSR count). The first kappa shape index (κ1) is 15.7. The summed E-state index contributed by atoms with van der Waals surface area (Å²) in [5.41, 5.74) is 0.444. The molecule has 0 bridgehead atoms. The van der Waals surface area contributed by atoms with E-state index in [9.17, 15) is 14.4 Å². The lowest BCUT2D eigenvalue weighted by Crippen LogP contribution is -2.30. The highest BCUT2D eigenvalue weighted by atomic mass is 16.2. The van der Waals surface area contributed by atoms with Gasteiger partial charge in [-0.05, 0) is 11.6 Å². The molecule has 122 valence electrons. The van der Waals surface area contributed by atoms with Crippen molar-refractivity contribution in [3.8, 4) is 0 Å². The van der Waals surface area contributed by atoms with Crippen molar-refractivity contribution in [2.75, 3.05) is 7.05 Å². The van der Waals surface area contributed by atoms with E-state index in [0.717, 1.165) is 5.56 Å². The Kier molecular flexibility index (Phi) is 3.99. The van der Waals surface area contributed by atoms with Crippen molar-refractivity contribution >= 4 is 16.9 Å². The predicted molar refractivity (Wildman–Crippen MR) is 89.8 cm³/mol. The van der Waals surface area contributed by atoms with Crippen molar-refractivity contribution in [1.82, 2.24) is 19.4 Å². The third-order valence-corrected chi connectivity index (χ3v) is 3.81. The monoisotopic (exact) mass is 324 g/mol. The van der Waals surface area contributed by atoms with Gasteiger partial charge in [-0.1, -0.05) is 30.3 Å². The predicted octanol–water partition coefficient (Wildman–Crippen LogP) is 0.894. The number of hydrogen-bond acceptors (Lipinski definition) is 4. The summed E-state index contributed by atoms with van der Waals surface area (Å²) in [6.45, 7) is 0.446. The van der Waals surface area contributed by atoms with E-state index in [1.54, 1.807) is 11.9 Å². The van der Waals surface area contributed by atoms with E-state index >= 15 is 0 Å². The van der Waals surface area contributed by atoms with Gasteiger partial charge >= 0.3 is 5.69 Å². The second kappa shape index (κ2) is 6.11. The number of amides is 1. The molecule has 7 nitrogen and oxygen atoms in total. The van der Waals surface area contributed by atoms with Gasteiger partial charge in [0, 0.05) is 26.8 Å². The number of H-pyrrole nitrogens is 1. The Morgan fingerprint density at radius 3 is 2.67 bits per heavy atom. The van der Waals surface area contributed by atoms with Gasteiger partial charge in [0.05, 0.1) is 10.9 Å². The molecule has 0 unspecified atom stereocenters. The van der Waals surface area contributed by atoms with Gasteiger partial charge in [-0.15, -0.1) is 0 Å². The van der Waals surface area contributed by atoms with E-state index in [0.29, 0.717) is 12.1 Å². The first-order chi connectivity index (χ1) is 11.5. The highest BCUT2D eigenvalue weighted by Gasteiger charge is 2.15. The zero-order chi connectivity index (χ0) is 17.3. The summed E-state index contributed by atoms with van der Waals surface area (Å²) < 4.78 is 1.23. The molecule has 2 heterocycles. The second-order valence-corrected chi connectivity index (χ2v) is 5.56. The average molecular weight is 324 g/mol. The number of carbonyl (C=O) groups is 1. The number of carbonyl (C=O) groups excluding carboxylic acids is 1. The summed E-state index contributed by atoms with van der Waals surface area (Å²) >= 11 is 0. The molecule has 0 atom stereocenters. The molecular formula is C17H16N4O3. The zero-order valence-electron chi connectivity index (χ0n) is 13.3. The summed E-state index contributed by atoms with van der Waals surface area (Å²) in [7, 11) is 3.20. The minimum atomic E-state index is -0.555. The number of rotatable bonds is 3. The van der Waals surface area contributed by atoms with Gasteiger partial charge in [0.1, 0.15) is 5.65 Å². The van der Waals surface area contributed by atoms with Gasteiger partial charge < -0.3 is 4.90 Å². The fourth-order valence-electron chi connectivity index (χ4n) is 2.50. The van der Waals surface area contributed by atoms with Gasteiger partial charge in [-0.3, -0.25) is 19.1 Å². The SMILES string of the molecule is CN(Cc1ccccc1)C(=O)c1cnc2c(c1)c(=O)[nH]c(=O)n2C. The van der Waals surface area contributed by atoms with Crippen LogP contribution in [0.3, 0.4) is 0 Å². The molecule has 7 heteroatoms. The van der Waals surface area contributed by atoms with Gasteiger partial charge in [0.25, 0.3) is 11.5 Å². The molecule has 0 saturated carbocycles. The van der Waals surface area contributed by atoms with Crippen molar-refractivity contribution in [2.24, 2.45) is 7.05 Å². The van der Waals surface area contributed by atoms with E-state index in [1.807, 2.05) is 30.3 Å². The average Bonchev–Trinajstić information content (AvgIpc) is 2.59. The zero-order valence-corrected chi connectivity index (χ0v) is 13.3. The molecule has 0 saturated heterocycles. The van der Waals surface area contributed by atoms with Gasteiger partial charge in [0.2, 0.25) is 0 Å². The first-order valence-corrected chi connectivity index (χ1v) is 7.36. The van der Waals surface area contributed by atoms with Crippen molar-refractivity contribution in [2.45, 2.75) is 6.54 Å². The molecule has 1 aromatic carbocycles. The van der Waals surface area contributed by atoms with Crippen molar-refractivity contribution in [1.29, 1.82) is 0 Å². The molecule has 0 spiro atoms. The Balaban J connectivity index is 1.96. The van der Waals surface area contributed by atoms with Crippen LogP contribution in [0.2, 0.25) is 0 Å². The number of nitrogens with zero attached hydrogens (tertiary/aromatic N) is 3. The number of fused-ring (bicyclic) bond motifs is 1. The van der Waals surface area contributed by atoms with E-state index in [1.165, 1.54) is 23.9 Å². The van der Waals surface area contributed by atoms with Crippen LogP contribution >= 0.6 is 0 Å². The number of pyridine rings is 1. The van der Waals surface area contributed by atoms with E-state index in [4.69, 9.17) is 0 Å². The number of aryl methyl sites for hydroxylation is 1. The number of aromatic amines is 1. The van der Waals surface area contributed by atoms with Crippen LogP contribution < -0.4 is 11.2 Å². The minimum absolute atomic E-state index is 0.205. The minimum Gasteiger partial charge on any atom is -0.337 e. The van der Waals surface area contributed by atoms with Crippen LogP contribution in [-0.4, -0.2) is 32.4 Å². The Bertz CT molecular complexity index is 1020. The molecule has 1 N–H and O–H groups in total. The van der Waals surface area contributed by atoms with Crippen LogP contribution in [0.15, 0.2) is 52.2 Å². The highest BCUT2D eigenvalue weighted by molar-refractivity contribution is 5.96. The molecule has 0 aliphatic carbocycles. The largest absolute Gasteiger partial charge is 0.337 e. The Morgan fingerprint density at radius 1 is 1.25 bits per heavy atom. The lowest BCUT2D eigenvalue weighted by atomic mass is 10.2. The van der Waals surface area contributed by atoms with Crippen LogP contribution in [0.4, 0.5) is 0 Å². The number of nitrogens with one attached hydrogen (secondary N) is 1. The summed E-state index contributed by atoms with van der Waals surface area (Å²) in [5, 5.41) is 0.205. The molecule has 24 heavy (non-hydrogen) atoms. The number of benzene rings is 1. The van der Waals surface area contributed by atoms with E-state index in [-0.39, 0.29) is 16.9 Å². The highest BCUT2D eigenvalue weighted by Crippen LogP contribution is 2.11. The summed E-state index contributed by atoms with van der Waals surface area (Å²) in [5.74, 6) is -0.249. The summed E-state index contributed by atoms with van der Waals surface area (Å²) in [6.07, 6.45) is 1.38. The number of aromatic nitrogens is 3. The van der Waals surface area contributed by atoms with Crippen LogP contribution in [-0.2, 0) is 13.6 Å². The quantitative estimate of drug-likeness (QED) is 0.775. The normalized spacial score (nSPS) is 10.8. The lowest BCUT2D eigenvalue weighted by Gasteiger charge is -2.17. The summed E-state index contributed by atoms with van der Waals surface area (Å²) in [6, 6.07) is 11.1. The van der Waals surface area contributed by atoms with Gasteiger partial charge in [0.15, 0.2) is 0 Å². The number of hydrogen-bond donors (Lipinski definition) is 1. The van der Waals surface area contributed by atoms with Crippen LogP contribution in [0.25, 0.3) is 11.0 Å². The van der Waals surface area contributed by atoms with E-state index in [2.05, 4.69) is 9.97 Å². The van der Waals surface area contributed by atoms with Gasteiger partial charge in [-0.25, -0.2) is 9.78 Å². The molecule has 1 amide bonds. The maximum Gasteiger partial charge on any atom is 0.329 e. The standard InChI is InChI=1S/C17H16N4O3/c1-20(10-11-6-4-3-5-7-11)16(23)12-8-13-14(18-9-12)21(2)17(24)19-15(13)22/h3-9H,10H2,1-2H3,(H,19,22,24). The maximum atomic E-state index is 12.6. The molecule has 0 radical (unpaired) electrons. The fourth-order valence-corrected chi connectivity index (χ4v) is 2.50. The molecule has 2 aromatic heterocycles. The maximum absolute atomic E-state index is 12.6. The van der Waals surface area contributed by atoms with Crippen molar-refractivity contribution in [3.05, 3.63) is 74.6 Å². The Hall–Kier alpha value is -3.22. The van der Waals surface area contributed by atoms with Crippen molar-refractivity contribution < 1.29 is 4.79 Å². The summed E-state index contributed by atoms with van der Waals surface area (Å²) in [4.78, 5) is 44.0.